The molecule has 0 saturated heterocycles. The zero-order valence-electron chi connectivity index (χ0n) is 13.3. The van der Waals surface area contributed by atoms with E-state index in [-0.39, 0.29) is 18.4 Å². The van der Waals surface area contributed by atoms with Crippen LogP contribution in [0.2, 0.25) is 0 Å². The molecule has 6 nitrogen and oxygen atoms in total. The summed E-state index contributed by atoms with van der Waals surface area (Å²) in [5.41, 5.74) is 0.734. The number of hydrogen-bond acceptors (Lipinski definition) is 6. The highest BCUT2D eigenvalue weighted by Gasteiger charge is 2.12. The molecule has 3 rings (SSSR count). The summed E-state index contributed by atoms with van der Waals surface area (Å²) >= 11 is 1.44. The van der Waals surface area contributed by atoms with E-state index in [0.29, 0.717) is 5.82 Å². The lowest BCUT2D eigenvalue weighted by Gasteiger charge is -2.12. The Morgan fingerprint density at radius 2 is 2.17 bits per heavy atom. The first-order valence-corrected chi connectivity index (χ1v) is 8.62. The van der Waals surface area contributed by atoms with E-state index in [0.717, 1.165) is 29.3 Å². The van der Waals surface area contributed by atoms with Crippen molar-refractivity contribution >= 4 is 17.2 Å². The van der Waals surface area contributed by atoms with Crippen LogP contribution in [0.4, 0.5) is 0 Å². The summed E-state index contributed by atoms with van der Waals surface area (Å²) in [7, 11) is 0. The average Bonchev–Trinajstić information content (AvgIpc) is 3.25. The van der Waals surface area contributed by atoms with Crippen molar-refractivity contribution in [3.8, 4) is 10.8 Å². The van der Waals surface area contributed by atoms with E-state index in [1.54, 1.807) is 24.7 Å². The highest BCUT2D eigenvalue weighted by molar-refractivity contribution is 7.13. The van der Waals surface area contributed by atoms with Gasteiger partial charge in [-0.25, -0.2) is 15.0 Å². The highest BCUT2D eigenvalue weighted by Crippen LogP contribution is 2.19. The summed E-state index contributed by atoms with van der Waals surface area (Å²) in [5, 5.41) is 5.59. The molecule has 0 aliphatic rings. The Morgan fingerprint density at radius 3 is 2.92 bits per heavy atom. The van der Waals surface area contributed by atoms with Crippen LogP contribution in [0.1, 0.15) is 24.8 Å². The third kappa shape index (κ3) is 4.48. The standard InChI is InChI=1S/C17H18N4O2S/c1-12(5-6-14-4-2-9-23-14)20-15(22)10-13-11-24-17(21-13)16-18-7-3-8-19-16/h2-4,7-9,11-12H,5-6,10H2,1H3,(H,20,22). The Bertz CT molecular complexity index is 771. The Kier molecular flexibility index (Phi) is 5.32. The molecule has 24 heavy (non-hydrogen) atoms. The van der Waals surface area contributed by atoms with Crippen molar-refractivity contribution in [1.82, 2.24) is 20.3 Å². The van der Waals surface area contributed by atoms with E-state index in [1.165, 1.54) is 11.3 Å². The molecule has 7 heteroatoms. The van der Waals surface area contributed by atoms with Gasteiger partial charge in [-0.2, -0.15) is 0 Å². The van der Waals surface area contributed by atoms with Crippen LogP contribution in [-0.2, 0) is 17.6 Å². The first-order chi connectivity index (χ1) is 11.7. The second kappa shape index (κ2) is 7.83. The zero-order valence-corrected chi connectivity index (χ0v) is 14.1. The molecule has 0 fully saturated rings. The Hall–Kier alpha value is -2.54. The monoisotopic (exact) mass is 342 g/mol. The highest BCUT2D eigenvalue weighted by atomic mass is 32.1. The third-order valence-electron chi connectivity index (χ3n) is 3.46. The topological polar surface area (TPSA) is 80.9 Å². The molecule has 1 N–H and O–H groups in total. The summed E-state index contributed by atoms with van der Waals surface area (Å²) in [6.07, 6.45) is 6.91. The van der Waals surface area contributed by atoms with Crippen molar-refractivity contribution in [3.05, 3.63) is 53.7 Å². The summed E-state index contributed by atoms with van der Waals surface area (Å²) in [5.74, 6) is 1.48. The fourth-order valence-corrected chi connectivity index (χ4v) is 3.04. The molecule has 1 unspecified atom stereocenters. The molecule has 3 aromatic heterocycles. The average molecular weight is 342 g/mol. The van der Waals surface area contributed by atoms with Gasteiger partial charge in [-0.1, -0.05) is 0 Å². The van der Waals surface area contributed by atoms with Crippen LogP contribution in [-0.4, -0.2) is 26.9 Å². The summed E-state index contributed by atoms with van der Waals surface area (Å²) in [6, 6.07) is 5.65. The van der Waals surface area contributed by atoms with Crippen molar-refractivity contribution < 1.29 is 9.21 Å². The van der Waals surface area contributed by atoms with E-state index >= 15 is 0 Å². The van der Waals surface area contributed by atoms with Crippen LogP contribution in [0.3, 0.4) is 0 Å². The van der Waals surface area contributed by atoms with Gasteiger partial charge in [0.15, 0.2) is 10.8 Å². The van der Waals surface area contributed by atoms with Crippen molar-refractivity contribution in [2.45, 2.75) is 32.2 Å². The lowest BCUT2D eigenvalue weighted by molar-refractivity contribution is -0.121. The lowest BCUT2D eigenvalue weighted by Crippen LogP contribution is -2.34. The fraction of sp³-hybridized carbons (Fsp3) is 0.294. The predicted molar refractivity (Wildman–Crippen MR) is 91.5 cm³/mol. The Morgan fingerprint density at radius 1 is 1.33 bits per heavy atom. The molecule has 0 spiro atoms. The normalized spacial score (nSPS) is 12.0. The van der Waals surface area contributed by atoms with Crippen molar-refractivity contribution in [3.63, 3.8) is 0 Å². The second-order valence-electron chi connectivity index (χ2n) is 5.48. The van der Waals surface area contributed by atoms with Gasteiger partial charge in [0.1, 0.15) is 5.76 Å². The van der Waals surface area contributed by atoms with E-state index < -0.39 is 0 Å². The quantitative estimate of drug-likeness (QED) is 0.714. The maximum atomic E-state index is 12.1. The number of carbonyl (C=O) groups is 1. The number of carbonyl (C=O) groups excluding carboxylic acids is 1. The molecule has 1 amide bonds. The molecular formula is C17H18N4O2S. The van der Waals surface area contributed by atoms with Crippen molar-refractivity contribution in [2.24, 2.45) is 0 Å². The van der Waals surface area contributed by atoms with Crippen LogP contribution in [0, 0.1) is 0 Å². The number of amides is 1. The number of aryl methyl sites for hydroxylation is 1. The fourth-order valence-electron chi connectivity index (χ4n) is 2.28. The molecule has 0 aliphatic heterocycles. The van der Waals surface area contributed by atoms with Gasteiger partial charge in [-0.15, -0.1) is 11.3 Å². The lowest BCUT2D eigenvalue weighted by atomic mass is 10.1. The molecule has 0 radical (unpaired) electrons. The first kappa shape index (κ1) is 16.3. The first-order valence-electron chi connectivity index (χ1n) is 7.74. The Labute approximate surface area is 144 Å². The number of nitrogens with one attached hydrogen (secondary N) is 1. The van der Waals surface area contributed by atoms with Crippen LogP contribution in [0.25, 0.3) is 10.8 Å². The maximum Gasteiger partial charge on any atom is 0.226 e. The summed E-state index contributed by atoms with van der Waals surface area (Å²) in [6.45, 7) is 1.99. The van der Waals surface area contributed by atoms with Gasteiger partial charge < -0.3 is 9.73 Å². The van der Waals surface area contributed by atoms with Crippen molar-refractivity contribution in [2.75, 3.05) is 0 Å². The van der Waals surface area contributed by atoms with Crippen LogP contribution >= 0.6 is 11.3 Å². The van der Waals surface area contributed by atoms with Gasteiger partial charge in [-0.05, 0) is 31.5 Å². The van der Waals surface area contributed by atoms with Crippen molar-refractivity contribution in [1.29, 1.82) is 0 Å². The van der Waals surface area contributed by atoms with E-state index in [9.17, 15) is 4.79 Å². The van der Waals surface area contributed by atoms with Gasteiger partial charge in [-0.3, -0.25) is 4.79 Å². The molecule has 124 valence electrons. The number of aromatic nitrogens is 3. The minimum absolute atomic E-state index is 0.0345. The molecule has 0 bridgehead atoms. The number of rotatable bonds is 7. The molecule has 0 aliphatic carbocycles. The summed E-state index contributed by atoms with van der Waals surface area (Å²) < 4.78 is 5.30. The van der Waals surface area contributed by atoms with E-state index in [2.05, 4.69) is 20.3 Å². The Balaban J connectivity index is 1.49. The minimum Gasteiger partial charge on any atom is -0.469 e. The third-order valence-corrected chi connectivity index (χ3v) is 4.35. The van der Waals surface area contributed by atoms with Gasteiger partial charge in [0.25, 0.3) is 0 Å². The molecule has 3 heterocycles. The number of hydrogen-bond donors (Lipinski definition) is 1. The minimum atomic E-state index is -0.0345. The largest absolute Gasteiger partial charge is 0.469 e. The predicted octanol–water partition coefficient (Wildman–Crippen LogP) is 2.87. The molecule has 3 aromatic rings. The second-order valence-corrected chi connectivity index (χ2v) is 6.34. The number of nitrogens with zero attached hydrogens (tertiary/aromatic N) is 3. The van der Waals surface area contributed by atoms with Crippen LogP contribution in [0.15, 0.2) is 46.7 Å². The van der Waals surface area contributed by atoms with Gasteiger partial charge in [0, 0.05) is 30.2 Å². The van der Waals surface area contributed by atoms with Crippen LogP contribution < -0.4 is 5.32 Å². The zero-order chi connectivity index (χ0) is 16.8. The molecule has 1 atom stereocenters. The smallest absolute Gasteiger partial charge is 0.226 e. The number of thiazole rings is 1. The number of furan rings is 1. The molecule has 0 saturated carbocycles. The van der Waals surface area contributed by atoms with Gasteiger partial charge in [0.2, 0.25) is 5.91 Å². The summed E-state index contributed by atoms with van der Waals surface area (Å²) in [4.78, 5) is 24.9. The van der Waals surface area contributed by atoms with E-state index in [4.69, 9.17) is 4.42 Å². The maximum absolute atomic E-state index is 12.1. The SMILES string of the molecule is CC(CCc1ccco1)NC(=O)Cc1csc(-c2ncccn2)n1. The van der Waals surface area contributed by atoms with Gasteiger partial charge in [0.05, 0.1) is 18.4 Å². The molecular weight excluding hydrogens is 324 g/mol. The van der Waals surface area contributed by atoms with E-state index in [1.807, 2.05) is 24.4 Å². The van der Waals surface area contributed by atoms with Crippen LogP contribution in [0.5, 0.6) is 0 Å². The van der Waals surface area contributed by atoms with Gasteiger partial charge >= 0.3 is 0 Å². The molecule has 0 aromatic carbocycles.